The number of carboxylic acids is 1. The van der Waals surface area contributed by atoms with E-state index in [-0.39, 0.29) is 29.7 Å². The summed E-state index contributed by atoms with van der Waals surface area (Å²) in [4.78, 5) is 24.5. The first-order valence-electron chi connectivity index (χ1n) is 8.76. The molecule has 122 valence electrons. The maximum absolute atomic E-state index is 12.9. The van der Waals surface area contributed by atoms with Gasteiger partial charge in [-0.05, 0) is 61.5 Å². The molecule has 4 heteroatoms. The van der Waals surface area contributed by atoms with Crippen LogP contribution in [0.4, 0.5) is 0 Å². The summed E-state index contributed by atoms with van der Waals surface area (Å²) in [6.45, 7) is 0. The molecule has 2 bridgehead atoms. The molecule has 0 unspecified atom stereocenters. The minimum atomic E-state index is -0.790. The van der Waals surface area contributed by atoms with Crippen molar-refractivity contribution in [1.29, 1.82) is 0 Å². The maximum atomic E-state index is 12.9. The second-order valence-corrected chi connectivity index (χ2v) is 7.38. The predicted molar refractivity (Wildman–Crippen MR) is 85.7 cm³/mol. The Labute approximate surface area is 136 Å². The van der Waals surface area contributed by atoms with Crippen LogP contribution in [0, 0.1) is 23.7 Å². The van der Waals surface area contributed by atoms with Gasteiger partial charge in [0.2, 0.25) is 5.91 Å². The first-order valence-corrected chi connectivity index (χ1v) is 8.76. The number of benzene rings is 1. The fourth-order valence-corrected chi connectivity index (χ4v) is 5.20. The van der Waals surface area contributed by atoms with E-state index < -0.39 is 11.9 Å². The van der Waals surface area contributed by atoms with Crippen LogP contribution in [0.1, 0.15) is 49.3 Å². The van der Waals surface area contributed by atoms with E-state index in [4.69, 9.17) is 0 Å². The highest BCUT2D eigenvalue weighted by atomic mass is 16.4. The smallest absolute Gasteiger partial charge is 0.307 e. The van der Waals surface area contributed by atoms with E-state index in [1.807, 2.05) is 12.1 Å². The highest BCUT2D eigenvalue weighted by molar-refractivity contribution is 5.86. The Morgan fingerprint density at radius 3 is 2.57 bits per heavy atom. The average Bonchev–Trinajstić information content (AvgIpc) is 3.16. The zero-order valence-electron chi connectivity index (χ0n) is 13.2. The summed E-state index contributed by atoms with van der Waals surface area (Å²) in [7, 11) is 0. The zero-order valence-corrected chi connectivity index (χ0v) is 13.2. The van der Waals surface area contributed by atoms with Gasteiger partial charge in [-0.25, -0.2) is 0 Å². The maximum Gasteiger partial charge on any atom is 0.307 e. The van der Waals surface area contributed by atoms with Gasteiger partial charge in [-0.3, -0.25) is 9.59 Å². The summed E-state index contributed by atoms with van der Waals surface area (Å²) in [6.07, 6.45) is 5.97. The van der Waals surface area contributed by atoms with Crippen LogP contribution in [-0.4, -0.2) is 17.0 Å². The van der Waals surface area contributed by atoms with E-state index in [2.05, 4.69) is 17.4 Å². The lowest BCUT2D eigenvalue weighted by Gasteiger charge is -2.31. The van der Waals surface area contributed by atoms with Gasteiger partial charge >= 0.3 is 5.97 Å². The molecular formula is C19H23NO3. The van der Waals surface area contributed by atoms with Crippen LogP contribution in [0.2, 0.25) is 0 Å². The number of hydrogen-bond donors (Lipinski definition) is 2. The third-order valence-corrected chi connectivity index (χ3v) is 6.19. The van der Waals surface area contributed by atoms with E-state index in [9.17, 15) is 14.7 Å². The van der Waals surface area contributed by atoms with Crippen molar-refractivity contribution in [2.24, 2.45) is 23.7 Å². The van der Waals surface area contributed by atoms with Crippen molar-refractivity contribution >= 4 is 11.9 Å². The van der Waals surface area contributed by atoms with E-state index in [0.29, 0.717) is 0 Å². The number of carbonyl (C=O) groups excluding carboxylic acids is 1. The minimum absolute atomic E-state index is 0.0358. The summed E-state index contributed by atoms with van der Waals surface area (Å²) < 4.78 is 0. The average molecular weight is 313 g/mol. The van der Waals surface area contributed by atoms with E-state index in [1.54, 1.807) is 0 Å². The molecule has 0 spiro atoms. The molecule has 23 heavy (non-hydrogen) atoms. The summed E-state index contributed by atoms with van der Waals surface area (Å²) >= 11 is 0. The second kappa shape index (κ2) is 5.66. The molecule has 0 radical (unpaired) electrons. The first-order chi connectivity index (χ1) is 11.1. The third-order valence-electron chi connectivity index (χ3n) is 6.19. The Hall–Kier alpha value is -1.84. The molecule has 2 fully saturated rings. The van der Waals surface area contributed by atoms with Crippen molar-refractivity contribution in [2.45, 2.75) is 44.6 Å². The molecule has 4 nitrogen and oxygen atoms in total. The van der Waals surface area contributed by atoms with Crippen LogP contribution >= 0.6 is 0 Å². The standard InChI is InChI=1S/C19H23NO3/c21-18(16-12-8-9-13(10-12)17(16)19(22)23)20-15-7-3-5-11-4-1-2-6-14(11)15/h1-2,4,6,12-13,15-17H,3,5,7-10H2,(H,20,21)(H,22,23)/t12-,13+,15-,16+,17+/m1/s1. The Bertz CT molecular complexity index is 641. The molecule has 2 N–H and O–H groups in total. The highest BCUT2D eigenvalue weighted by Crippen LogP contribution is 2.52. The second-order valence-electron chi connectivity index (χ2n) is 7.38. The highest BCUT2D eigenvalue weighted by Gasteiger charge is 2.54. The summed E-state index contributed by atoms with van der Waals surface area (Å²) in [5, 5.41) is 12.7. The van der Waals surface area contributed by atoms with Crippen molar-refractivity contribution in [1.82, 2.24) is 5.32 Å². The molecule has 0 aromatic heterocycles. The topological polar surface area (TPSA) is 66.4 Å². The monoisotopic (exact) mass is 313 g/mol. The molecule has 3 aliphatic rings. The molecule has 1 amide bonds. The van der Waals surface area contributed by atoms with Gasteiger partial charge < -0.3 is 10.4 Å². The van der Waals surface area contributed by atoms with Gasteiger partial charge in [0.05, 0.1) is 17.9 Å². The molecule has 3 aliphatic carbocycles. The Morgan fingerprint density at radius 2 is 1.78 bits per heavy atom. The fraction of sp³-hybridized carbons (Fsp3) is 0.579. The Kier molecular flexibility index (Phi) is 3.63. The van der Waals surface area contributed by atoms with Crippen molar-refractivity contribution in [3.63, 3.8) is 0 Å². The number of nitrogens with one attached hydrogen (secondary N) is 1. The van der Waals surface area contributed by atoms with Gasteiger partial charge in [-0.15, -0.1) is 0 Å². The lowest BCUT2D eigenvalue weighted by atomic mass is 9.78. The van der Waals surface area contributed by atoms with Crippen molar-refractivity contribution < 1.29 is 14.7 Å². The van der Waals surface area contributed by atoms with E-state index in [0.717, 1.165) is 38.5 Å². The molecule has 2 saturated carbocycles. The van der Waals surface area contributed by atoms with E-state index >= 15 is 0 Å². The van der Waals surface area contributed by atoms with Gasteiger partial charge in [0.25, 0.3) is 0 Å². The number of hydrogen-bond acceptors (Lipinski definition) is 2. The lowest BCUT2D eigenvalue weighted by Crippen LogP contribution is -2.43. The fourth-order valence-electron chi connectivity index (χ4n) is 5.20. The number of fused-ring (bicyclic) bond motifs is 3. The molecular weight excluding hydrogens is 290 g/mol. The minimum Gasteiger partial charge on any atom is -0.481 e. The molecule has 1 aromatic carbocycles. The zero-order chi connectivity index (χ0) is 16.0. The van der Waals surface area contributed by atoms with Crippen LogP contribution in [0.15, 0.2) is 24.3 Å². The number of amides is 1. The van der Waals surface area contributed by atoms with Crippen molar-refractivity contribution in [3.05, 3.63) is 35.4 Å². The predicted octanol–water partition coefficient (Wildman–Crippen LogP) is 2.93. The van der Waals surface area contributed by atoms with Crippen LogP contribution < -0.4 is 5.32 Å². The number of aryl methyl sites for hydroxylation is 1. The Morgan fingerprint density at radius 1 is 1.04 bits per heavy atom. The van der Waals surface area contributed by atoms with Gasteiger partial charge in [-0.2, -0.15) is 0 Å². The molecule has 1 aromatic rings. The third kappa shape index (κ3) is 2.44. The number of carboxylic acid groups (broad SMARTS) is 1. The lowest BCUT2D eigenvalue weighted by molar-refractivity contribution is -0.149. The first kappa shape index (κ1) is 14.7. The molecule has 4 rings (SSSR count). The van der Waals surface area contributed by atoms with Gasteiger partial charge in [-0.1, -0.05) is 24.3 Å². The molecule has 5 atom stereocenters. The number of carbonyl (C=O) groups is 2. The molecule has 0 saturated heterocycles. The largest absolute Gasteiger partial charge is 0.481 e. The number of aliphatic carboxylic acids is 1. The van der Waals surface area contributed by atoms with Crippen LogP contribution in [0.5, 0.6) is 0 Å². The van der Waals surface area contributed by atoms with E-state index in [1.165, 1.54) is 11.1 Å². The van der Waals surface area contributed by atoms with Crippen LogP contribution in [-0.2, 0) is 16.0 Å². The normalized spacial score (nSPS) is 34.9. The molecule has 0 heterocycles. The van der Waals surface area contributed by atoms with Gasteiger partial charge in [0.15, 0.2) is 0 Å². The summed E-state index contributed by atoms with van der Waals surface area (Å²) in [6, 6.07) is 8.32. The quantitative estimate of drug-likeness (QED) is 0.901. The SMILES string of the molecule is O=C(O)[C@H]1[C@H]2CC[C@H](C2)[C@@H]1C(=O)N[C@@H]1CCCc2ccccc21. The van der Waals surface area contributed by atoms with Crippen molar-refractivity contribution in [2.75, 3.05) is 0 Å². The van der Waals surface area contributed by atoms with Crippen molar-refractivity contribution in [3.8, 4) is 0 Å². The van der Waals surface area contributed by atoms with Crippen LogP contribution in [0.3, 0.4) is 0 Å². The van der Waals surface area contributed by atoms with Gasteiger partial charge in [0, 0.05) is 0 Å². The Balaban J connectivity index is 1.54. The summed E-state index contributed by atoms with van der Waals surface area (Å²) in [5.41, 5.74) is 2.52. The van der Waals surface area contributed by atoms with Gasteiger partial charge in [0.1, 0.15) is 0 Å². The van der Waals surface area contributed by atoms with Crippen LogP contribution in [0.25, 0.3) is 0 Å². The molecule has 0 aliphatic heterocycles. The summed E-state index contributed by atoms with van der Waals surface area (Å²) in [5.74, 6) is -1.17. The number of rotatable bonds is 3.